The van der Waals surface area contributed by atoms with Crippen molar-refractivity contribution in [1.82, 2.24) is 0 Å². The van der Waals surface area contributed by atoms with E-state index in [0.717, 1.165) is 17.7 Å². The molecule has 2 aliphatic rings. The van der Waals surface area contributed by atoms with Gasteiger partial charge in [0.2, 0.25) is 12.9 Å². The van der Waals surface area contributed by atoms with Gasteiger partial charge in [0.1, 0.15) is 11.8 Å². The molecule has 164 valence electrons. The number of ether oxygens (including phenoxy) is 3. The SMILES string of the molecule is Cc1ccccc1OC1C(=O)N(c2cccc(C(F)(F)F)c2)C1c1ccc2c(c1)OCO2. The topological polar surface area (TPSA) is 48.0 Å². The summed E-state index contributed by atoms with van der Waals surface area (Å²) in [5, 5.41) is 0. The number of benzene rings is 3. The number of fused-ring (bicyclic) bond motifs is 1. The van der Waals surface area contributed by atoms with Crippen molar-refractivity contribution in [2.45, 2.75) is 25.2 Å². The first-order valence-electron chi connectivity index (χ1n) is 9.95. The largest absolute Gasteiger partial charge is 0.478 e. The molecule has 0 aliphatic carbocycles. The Kier molecular flexibility index (Phi) is 4.73. The number of halogens is 3. The third-order valence-electron chi connectivity index (χ3n) is 5.58. The van der Waals surface area contributed by atoms with Gasteiger partial charge < -0.3 is 14.2 Å². The fourth-order valence-electron chi connectivity index (χ4n) is 3.94. The third kappa shape index (κ3) is 3.41. The van der Waals surface area contributed by atoms with Crippen molar-refractivity contribution in [3.63, 3.8) is 0 Å². The molecule has 2 heterocycles. The number of alkyl halides is 3. The van der Waals surface area contributed by atoms with Crippen LogP contribution in [0.1, 0.15) is 22.7 Å². The van der Waals surface area contributed by atoms with E-state index in [2.05, 4.69) is 0 Å². The minimum Gasteiger partial charge on any atom is -0.478 e. The van der Waals surface area contributed by atoms with Crippen molar-refractivity contribution in [1.29, 1.82) is 0 Å². The maximum absolute atomic E-state index is 13.3. The number of nitrogens with zero attached hydrogens (tertiary/aromatic N) is 1. The molecule has 2 atom stereocenters. The standard InChI is InChI=1S/C24H18F3NO4/c1-14-5-2-3-8-18(14)32-22-21(15-9-10-19-20(11-15)31-13-30-19)28(23(22)29)17-7-4-6-16(12-17)24(25,26)27/h2-12,21-22H,13H2,1H3. The number of para-hydroxylation sites is 1. The van der Waals surface area contributed by atoms with Crippen LogP contribution in [0.4, 0.5) is 18.9 Å². The van der Waals surface area contributed by atoms with Gasteiger partial charge in [0, 0.05) is 5.69 Å². The highest BCUT2D eigenvalue weighted by molar-refractivity contribution is 6.05. The van der Waals surface area contributed by atoms with E-state index in [1.54, 1.807) is 30.3 Å². The monoisotopic (exact) mass is 441 g/mol. The van der Waals surface area contributed by atoms with E-state index in [1.807, 2.05) is 19.1 Å². The quantitative estimate of drug-likeness (QED) is 0.517. The zero-order valence-electron chi connectivity index (χ0n) is 16.9. The van der Waals surface area contributed by atoms with Gasteiger partial charge >= 0.3 is 6.18 Å². The summed E-state index contributed by atoms with van der Waals surface area (Å²) in [6.45, 7) is 1.95. The summed E-state index contributed by atoms with van der Waals surface area (Å²) in [6, 6.07) is 16.6. The molecular weight excluding hydrogens is 423 g/mol. The van der Waals surface area contributed by atoms with E-state index < -0.39 is 29.8 Å². The fourth-order valence-corrected chi connectivity index (χ4v) is 3.94. The predicted octanol–water partition coefficient (Wildman–Crippen LogP) is 5.28. The van der Waals surface area contributed by atoms with Gasteiger partial charge in [0.05, 0.1) is 5.56 Å². The molecule has 1 amide bonds. The van der Waals surface area contributed by atoms with Gasteiger partial charge in [-0.15, -0.1) is 0 Å². The van der Waals surface area contributed by atoms with Gasteiger partial charge in [-0.2, -0.15) is 13.2 Å². The Balaban J connectivity index is 1.54. The smallest absolute Gasteiger partial charge is 0.416 e. The van der Waals surface area contributed by atoms with Crippen molar-refractivity contribution >= 4 is 11.6 Å². The maximum atomic E-state index is 13.3. The van der Waals surface area contributed by atoms with Crippen LogP contribution in [-0.2, 0) is 11.0 Å². The van der Waals surface area contributed by atoms with Crippen LogP contribution in [0, 0.1) is 6.92 Å². The summed E-state index contributed by atoms with van der Waals surface area (Å²) in [5.41, 5.74) is 0.847. The summed E-state index contributed by atoms with van der Waals surface area (Å²) in [5.74, 6) is 1.21. The van der Waals surface area contributed by atoms with Crippen molar-refractivity contribution in [3.8, 4) is 17.2 Å². The van der Waals surface area contributed by atoms with E-state index in [9.17, 15) is 18.0 Å². The van der Waals surface area contributed by atoms with E-state index in [1.165, 1.54) is 17.0 Å². The van der Waals surface area contributed by atoms with Gasteiger partial charge in [0.15, 0.2) is 11.5 Å². The number of β-lactam (4-membered cyclic amide) rings is 1. The molecular formula is C24H18F3NO4. The molecule has 2 aliphatic heterocycles. The molecule has 32 heavy (non-hydrogen) atoms. The van der Waals surface area contributed by atoms with E-state index in [4.69, 9.17) is 14.2 Å². The molecule has 1 saturated heterocycles. The van der Waals surface area contributed by atoms with E-state index in [-0.39, 0.29) is 12.5 Å². The average Bonchev–Trinajstić information content (AvgIpc) is 3.24. The van der Waals surface area contributed by atoms with Gasteiger partial charge in [-0.05, 0) is 54.4 Å². The lowest BCUT2D eigenvalue weighted by Crippen LogP contribution is -2.61. The van der Waals surface area contributed by atoms with Gasteiger partial charge in [-0.1, -0.05) is 30.3 Å². The zero-order valence-corrected chi connectivity index (χ0v) is 16.9. The van der Waals surface area contributed by atoms with Gasteiger partial charge in [0.25, 0.3) is 5.91 Å². The Morgan fingerprint density at radius 2 is 1.75 bits per heavy atom. The first kappa shape index (κ1) is 20.2. The molecule has 0 radical (unpaired) electrons. The van der Waals surface area contributed by atoms with Crippen molar-refractivity contribution in [3.05, 3.63) is 83.4 Å². The van der Waals surface area contributed by atoms with Crippen molar-refractivity contribution in [2.75, 3.05) is 11.7 Å². The number of carbonyl (C=O) groups is 1. The molecule has 1 fully saturated rings. The Labute approximate surface area is 181 Å². The molecule has 5 rings (SSSR count). The normalized spacial score (nSPS) is 19.6. The van der Waals surface area contributed by atoms with Crippen LogP contribution in [0.15, 0.2) is 66.7 Å². The zero-order chi connectivity index (χ0) is 22.5. The lowest BCUT2D eigenvalue weighted by Gasteiger charge is -2.47. The number of hydrogen-bond acceptors (Lipinski definition) is 4. The number of aryl methyl sites for hydroxylation is 1. The van der Waals surface area contributed by atoms with E-state index >= 15 is 0 Å². The molecule has 3 aromatic carbocycles. The Morgan fingerprint density at radius 3 is 2.53 bits per heavy atom. The van der Waals surface area contributed by atoms with Crippen molar-refractivity contribution in [2.24, 2.45) is 0 Å². The Hall–Kier alpha value is -3.68. The molecule has 0 aromatic heterocycles. The highest BCUT2D eigenvalue weighted by Crippen LogP contribution is 2.45. The summed E-state index contributed by atoms with van der Waals surface area (Å²) in [4.78, 5) is 14.4. The highest BCUT2D eigenvalue weighted by atomic mass is 19.4. The highest BCUT2D eigenvalue weighted by Gasteiger charge is 2.51. The molecule has 0 bridgehead atoms. The number of carbonyl (C=O) groups excluding carboxylic acids is 1. The molecule has 8 heteroatoms. The molecule has 0 N–H and O–H groups in total. The molecule has 5 nitrogen and oxygen atoms in total. The second kappa shape index (κ2) is 7.47. The molecule has 2 unspecified atom stereocenters. The van der Waals surface area contributed by atoms with Crippen LogP contribution in [0.3, 0.4) is 0 Å². The Bertz CT molecular complexity index is 1190. The lowest BCUT2D eigenvalue weighted by atomic mass is 9.89. The van der Waals surface area contributed by atoms with Crippen LogP contribution < -0.4 is 19.1 Å². The van der Waals surface area contributed by atoms with Crippen LogP contribution in [0.5, 0.6) is 17.2 Å². The summed E-state index contributed by atoms with van der Waals surface area (Å²) in [7, 11) is 0. The van der Waals surface area contributed by atoms with Crippen molar-refractivity contribution < 1.29 is 32.2 Å². The first-order chi connectivity index (χ1) is 15.3. The fraction of sp³-hybridized carbons (Fsp3) is 0.208. The minimum atomic E-state index is -4.52. The lowest BCUT2D eigenvalue weighted by molar-refractivity contribution is -0.138. The summed E-state index contributed by atoms with van der Waals surface area (Å²) >= 11 is 0. The van der Waals surface area contributed by atoms with Crippen LogP contribution in [0.25, 0.3) is 0 Å². The first-order valence-corrected chi connectivity index (χ1v) is 9.95. The number of amides is 1. The maximum Gasteiger partial charge on any atom is 0.416 e. The third-order valence-corrected chi connectivity index (χ3v) is 5.58. The minimum absolute atomic E-state index is 0.0862. The molecule has 3 aromatic rings. The molecule has 0 saturated carbocycles. The van der Waals surface area contributed by atoms with Crippen LogP contribution in [-0.4, -0.2) is 18.8 Å². The predicted molar refractivity (Wildman–Crippen MR) is 110 cm³/mol. The summed E-state index contributed by atoms with van der Waals surface area (Å²) < 4.78 is 56.7. The van der Waals surface area contributed by atoms with Gasteiger partial charge in [-0.3, -0.25) is 9.69 Å². The van der Waals surface area contributed by atoms with Crippen LogP contribution >= 0.6 is 0 Å². The number of rotatable bonds is 4. The van der Waals surface area contributed by atoms with E-state index in [0.29, 0.717) is 22.8 Å². The Morgan fingerprint density at radius 1 is 0.969 bits per heavy atom. The average molecular weight is 441 g/mol. The van der Waals surface area contributed by atoms with Crippen LogP contribution in [0.2, 0.25) is 0 Å². The number of hydrogen-bond donors (Lipinski definition) is 0. The number of anilines is 1. The molecule has 0 spiro atoms. The van der Waals surface area contributed by atoms with Gasteiger partial charge in [-0.25, -0.2) is 0 Å². The second-order valence-electron chi connectivity index (χ2n) is 7.62. The summed E-state index contributed by atoms with van der Waals surface area (Å²) in [6.07, 6.45) is -5.42. The second-order valence-corrected chi connectivity index (χ2v) is 7.62.